The summed E-state index contributed by atoms with van der Waals surface area (Å²) in [6.07, 6.45) is 2.23. The van der Waals surface area contributed by atoms with Gasteiger partial charge in [0.25, 0.3) is 0 Å². The fourth-order valence-electron chi connectivity index (χ4n) is 3.93. The van der Waals surface area contributed by atoms with Gasteiger partial charge in [0, 0.05) is 19.5 Å². The molecule has 0 fully saturated rings. The average molecular weight is 433 g/mol. The van der Waals surface area contributed by atoms with E-state index in [1.165, 1.54) is 15.9 Å². The number of amides is 1. The molecule has 0 unspecified atom stereocenters. The van der Waals surface area contributed by atoms with Crippen LogP contribution in [0.15, 0.2) is 91.0 Å². The molecule has 0 saturated carbocycles. The predicted octanol–water partition coefficient (Wildman–Crippen LogP) is 2.58. The molecule has 0 aliphatic rings. The Morgan fingerprint density at radius 2 is 1.26 bits per heavy atom. The Morgan fingerprint density at radius 3 is 1.68 bits per heavy atom. The molecule has 0 aliphatic heterocycles. The van der Waals surface area contributed by atoms with Crippen LogP contribution in [0.2, 0.25) is 6.82 Å². The van der Waals surface area contributed by atoms with Crippen LogP contribution in [0.4, 0.5) is 0 Å². The van der Waals surface area contributed by atoms with E-state index in [9.17, 15) is 9.82 Å². The molecule has 31 heavy (non-hydrogen) atoms. The van der Waals surface area contributed by atoms with Gasteiger partial charge in [-0.05, 0) is 49.6 Å². The third-order valence-electron chi connectivity index (χ3n) is 5.38. The summed E-state index contributed by atoms with van der Waals surface area (Å²) < 4.78 is 0. The zero-order chi connectivity index (χ0) is 21.9. The van der Waals surface area contributed by atoms with Crippen LogP contribution in [0.5, 0.6) is 0 Å². The summed E-state index contributed by atoms with van der Waals surface area (Å²) in [5.74, 6) is 0.0553. The predicted molar refractivity (Wildman–Crippen MR) is 134 cm³/mol. The molecule has 3 rings (SSSR count). The Morgan fingerprint density at radius 1 is 0.806 bits per heavy atom. The van der Waals surface area contributed by atoms with Gasteiger partial charge >= 0.3 is 7.05 Å². The normalized spacial score (nSPS) is 11.2. The highest BCUT2D eigenvalue weighted by Gasteiger charge is 2.44. The lowest BCUT2D eigenvalue weighted by atomic mass is 9.89. The quantitative estimate of drug-likeness (QED) is 0.248. The summed E-state index contributed by atoms with van der Waals surface area (Å²) in [5, 5.41) is 19.1. The topological polar surface area (TPSA) is 61.4 Å². The molecule has 160 valence electrons. The maximum Gasteiger partial charge on any atom is 0.373 e. The van der Waals surface area contributed by atoms with Crippen LogP contribution in [-0.4, -0.2) is 37.2 Å². The molecule has 1 amide bonds. The maximum atomic E-state index is 12.4. The average Bonchev–Trinajstić information content (AvgIpc) is 2.81. The van der Waals surface area contributed by atoms with Gasteiger partial charge in [0.05, 0.1) is 6.16 Å². The number of hydrogen-bond donors (Lipinski definition) is 3. The summed E-state index contributed by atoms with van der Waals surface area (Å²) in [7, 11) is -2.44. The molecule has 0 aliphatic carbocycles. The minimum atomic E-state index is -1.88. The van der Waals surface area contributed by atoms with Crippen molar-refractivity contribution in [3.8, 4) is 0 Å². The van der Waals surface area contributed by atoms with Gasteiger partial charge in [0.2, 0.25) is 5.91 Å². The lowest BCUT2D eigenvalue weighted by Crippen LogP contribution is -2.38. The van der Waals surface area contributed by atoms with Crippen molar-refractivity contribution in [1.82, 2.24) is 10.5 Å². The third kappa shape index (κ3) is 6.27. The van der Waals surface area contributed by atoms with Crippen LogP contribution in [0.3, 0.4) is 0 Å². The molecule has 0 heterocycles. The molecule has 0 radical (unpaired) electrons. The zero-order valence-electron chi connectivity index (χ0n) is 18.1. The second kappa shape index (κ2) is 11.8. The third-order valence-corrected chi connectivity index (χ3v) is 9.90. The summed E-state index contributed by atoms with van der Waals surface area (Å²) in [4.78, 5) is 12.4. The first-order valence-corrected chi connectivity index (χ1v) is 12.8. The van der Waals surface area contributed by atoms with Crippen molar-refractivity contribution in [2.75, 3.05) is 19.3 Å². The molecular weight excluding hydrogens is 402 g/mol. The number of nitrogens with one attached hydrogen (secondary N) is 2. The van der Waals surface area contributed by atoms with Crippen LogP contribution in [-0.2, 0) is 4.79 Å². The highest BCUT2D eigenvalue weighted by Crippen LogP contribution is 2.55. The van der Waals surface area contributed by atoms with Crippen molar-refractivity contribution in [1.29, 1.82) is 0 Å². The van der Waals surface area contributed by atoms with Crippen molar-refractivity contribution in [3.05, 3.63) is 91.0 Å². The lowest BCUT2D eigenvalue weighted by Gasteiger charge is -2.27. The minimum Gasteiger partial charge on any atom is -0.437 e. The van der Waals surface area contributed by atoms with Crippen LogP contribution >= 0.6 is 7.26 Å². The largest absolute Gasteiger partial charge is 0.437 e. The van der Waals surface area contributed by atoms with E-state index >= 15 is 0 Å². The molecule has 3 N–H and O–H groups in total. The van der Waals surface area contributed by atoms with Gasteiger partial charge in [-0.25, -0.2) is 0 Å². The number of hydrogen-bond acceptors (Lipinski definition) is 3. The van der Waals surface area contributed by atoms with Crippen LogP contribution in [0.1, 0.15) is 12.8 Å². The highest BCUT2D eigenvalue weighted by molar-refractivity contribution is 7.95. The van der Waals surface area contributed by atoms with Crippen molar-refractivity contribution in [2.24, 2.45) is 0 Å². The van der Waals surface area contributed by atoms with Crippen LogP contribution < -0.4 is 26.5 Å². The highest BCUT2D eigenvalue weighted by atomic mass is 31.2. The Bertz CT molecular complexity index is 827. The van der Waals surface area contributed by atoms with Gasteiger partial charge < -0.3 is 15.6 Å². The Hall–Kier alpha value is -2.46. The fourth-order valence-corrected chi connectivity index (χ4v) is 8.27. The van der Waals surface area contributed by atoms with Gasteiger partial charge in [-0.3, -0.25) is 4.79 Å². The number of carbonyl (C=O) groups is 1. The van der Waals surface area contributed by atoms with E-state index in [4.69, 9.17) is 0 Å². The SMILES string of the molecule is CB(O)NCCNC(=O)CCC[P+](c1ccccc1)(c1ccccc1)c1ccccc1. The molecule has 0 atom stereocenters. The first-order valence-electron chi connectivity index (χ1n) is 10.9. The van der Waals surface area contributed by atoms with E-state index < -0.39 is 14.3 Å². The van der Waals surface area contributed by atoms with E-state index in [0.29, 0.717) is 19.5 Å². The van der Waals surface area contributed by atoms with E-state index in [0.717, 1.165) is 12.6 Å². The van der Waals surface area contributed by atoms with Gasteiger partial charge in [-0.1, -0.05) is 54.6 Å². The minimum absolute atomic E-state index is 0.0553. The number of carbonyl (C=O) groups excluding carboxylic acids is 1. The Kier molecular flexibility index (Phi) is 8.84. The summed E-state index contributed by atoms with van der Waals surface area (Å²) in [6, 6.07) is 32.2. The molecule has 0 bridgehead atoms. The second-order valence-electron chi connectivity index (χ2n) is 7.62. The molecule has 3 aromatic rings. The van der Waals surface area contributed by atoms with Crippen molar-refractivity contribution < 1.29 is 9.82 Å². The van der Waals surface area contributed by atoms with E-state index in [1.54, 1.807) is 6.82 Å². The summed E-state index contributed by atoms with van der Waals surface area (Å²) in [6.45, 7) is 2.74. The monoisotopic (exact) mass is 433 g/mol. The summed E-state index contributed by atoms with van der Waals surface area (Å²) in [5.41, 5.74) is 0. The fraction of sp³-hybridized carbons (Fsp3) is 0.240. The Labute approximate surface area is 186 Å². The lowest BCUT2D eigenvalue weighted by molar-refractivity contribution is -0.121. The van der Waals surface area contributed by atoms with Gasteiger partial charge in [-0.15, -0.1) is 0 Å². The summed E-state index contributed by atoms with van der Waals surface area (Å²) >= 11 is 0. The van der Waals surface area contributed by atoms with Crippen molar-refractivity contribution in [3.63, 3.8) is 0 Å². The first kappa shape index (κ1) is 23.2. The second-order valence-corrected chi connectivity index (χ2v) is 11.2. The van der Waals surface area contributed by atoms with E-state index in [-0.39, 0.29) is 5.91 Å². The molecule has 0 spiro atoms. The van der Waals surface area contributed by atoms with E-state index in [1.807, 2.05) is 0 Å². The molecular formula is C25H31BN2O2P+. The first-order chi connectivity index (χ1) is 15.1. The molecule has 0 aromatic heterocycles. The molecule has 4 nitrogen and oxygen atoms in total. The Balaban J connectivity index is 1.82. The smallest absolute Gasteiger partial charge is 0.373 e. The van der Waals surface area contributed by atoms with Gasteiger partial charge in [0.15, 0.2) is 0 Å². The van der Waals surface area contributed by atoms with Crippen LogP contribution in [0.25, 0.3) is 0 Å². The molecule has 0 saturated heterocycles. The molecule has 6 heteroatoms. The maximum absolute atomic E-state index is 12.4. The van der Waals surface area contributed by atoms with Crippen molar-refractivity contribution in [2.45, 2.75) is 19.7 Å². The van der Waals surface area contributed by atoms with Gasteiger partial charge in [-0.2, -0.15) is 0 Å². The van der Waals surface area contributed by atoms with Crippen LogP contribution in [0, 0.1) is 0 Å². The van der Waals surface area contributed by atoms with E-state index in [2.05, 4.69) is 102 Å². The van der Waals surface area contributed by atoms with Crippen molar-refractivity contribution >= 4 is 36.1 Å². The number of benzene rings is 3. The zero-order valence-corrected chi connectivity index (χ0v) is 19.0. The standard InChI is InChI=1S/C25H30BN2O2P/c1-26(30)28-20-19-27-25(29)18-11-21-31(22-12-5-2-6-13-22,23-14-7-3-8-15-23)24-16-9-4-10-17-24/h2-10,12-17,28,30H,11,18-21H2,1H3/p+1. The van der Waals surface area contributed by atoms with Gasteiger partial charge in [0.1, 0.15) is 23.2 Å². The molecule has 3 aromatic carbocycles. The number of rotatable bonds is 11.